The Labute approximate surface area is 106 Å². The van der Waals surface area contributed by atoms with Gasteiger partial charge in [0.25, 0.3) is 0 Å². The van der Waals surface area contributed by atoms with Gasteiger partial charge in [-0.15, -0.1) is 0 Å². The Hall–Kier alpha value is -2.04. The molecule has 0 spiro atoms. The van der Waals surface area contributed by atoms with Crippen molar-refractivity contribution in [1.29, 1.82) is 0 Å². The van der Waals surface area contributed by atoms with E-state index in [4.69, 9.17) is 9.84 Å². The maximum absolute atomic E-state index is 11.6. The molecule has 98 valence electrons. The summed E-state index contributed by atoms with van der Waals surface area (Å²) >= 11 is 0. The zero-order valence-electron chi connectivity index (χ0n) is 10.5. The summed E-state index contributed by atoms with van der Waals surface area (Å²) < 4.78 is 4.71. The predicted molar refractivity (Wildman–Crippen MR) is 67.9 cm³/mol. The van der Waals surface area contributed by atoms with Crippen molar-refractivity contribution in [2.45, 2.75) is 12.8 Å². The Morgan fingerprint density at radius 2 is 2.00 bits per heavy atom. The van der Waals surface area contributed by atoms with Crippen LogP contribution in [0.1, 0.15) is 23.2 Å². The summed E-state index contributed by atoms with van der Waals surface area (Å²) in [6, 6.07) is 7.10. The maximum Gasteiger partial charge on any atom is 0.339 e. The highest BCUT2D eigenvalue weighted by Crippen LogP contribution is 2.20. The number of anilines is 1. The number of esters is 1. The van der Waals surface area contributed by atoms with Crippen LogP contribution in [-0.4, -0.2) is 37.7 Å². The molecule has 1 aromatic carbocycles. The Bertz CT molecular complexity index is 431. The summed E-state index contributed by atoms with van der Waals surface area (Å²) in [6.07, 6.45) is 0.645. The summed E-state index contributed by atoms with van der Waals surface area (Å²) in [5.74, 6) is -1.21. The van der Waals surface area contributed by atoms with Crippen LogP contribution in [0.15, 0.2) is 24.3 Å². The van der Waals surface area contributed by atoms with Gasteiger partial charge in [-0.3, -0.25) is 4.79 Å². The van der Waals surface area contributed by atoms with Gasteiger partial charge in [0.05, 0.1) is 18.4 Å². The van der Waals surface area contributed by atoms with Crippen LogP contribution in [0.3, 0.4) is 0 Å². The van der Waals surface area contributed by atoms with E-state index in [1.165, 1.54) is 7.11 Å². The molecule has 0 radical (unpaired) electrons. The number of aliphatic carboxylic acids is 1. The molecule has 0 aliphatic rings. The number of rotatable bonds is 6. The lowest BCUT2D eigenvalue weighted by molar-refractivity contribution is -0.137. The highest BCUT2D eigenvalue weighted by Gasteiger charge is 2.13. The van der Waals surface area contributed by atoms with Crippen molar-refractivity contribution >= 4 is 17.6 Å². The largest absolute Gasteiger partial charge is 0.481 e. The highest BCUT2D eigenvalue weighted by atomic mass is 16.5. The summed E-state index contributed by atoms with van der Waals surface area (Å²) in [5.41, 5.74) is 1.23. The van der Waals surface area contributed by atoms with Gasteiger partial charge in [-0.25, -0.2) is 4.79 Å². The van der Waals surface area contributed by atoms with Crippen molar-refractivity contribution in [3.63, 3.8) is 0 Å². The number of hydrogen-bond acceptors (Lipinski definition) is 4. The fourth-order valence-electron chi connectivity index (χ4n) is 1.68. The third-order valence-electron chi connectivity index (χ3n) is 2.60. The zero-order valence-corrected chi connectivity index (χ0v) is 10.5. The van der Waals surface area contributed by atoms with E-state index in [1.54, 1.807) is 12.1 Å². The zero-order chi connectivity index (χ0) is 13.5. The molecule has 0 fully saturated rings. The molecule has 18 heavy (non-hydrogen) atoms. The molecule has 5 nitrogen and oxygen atoms in total. The van der Waals surface area contributed by atoms with E-state index in [2.05, 4.69) is 0 Å². The molecule has 1 aromatic rings. The standard InChI is InChI=1S/C13H17NO4/c1-14(9-5-8-12(15)16)11-7-4-3-6-10(11)13(17)18-2/h3-4,6-7H,5,8-9H2,1-2H3,(H,15,16). The number of hydrogen-bond donors (Lipinski definition) is 1. The molecule has 0 atom stereocenters. The topological polar surface area (TPSA) is 66.8 Å². The smallest absolute Gasteiger partial charge is 0.339 e. The van der Waals surface area contributed by atoms with Gasteiger partial charge in [-0.2, -0.15) is 0 Å². The second kappa shape index (κ2) is 6.64. The molecule has 0 aliphatic heterocycles. The summed E-state index contributed by atoms with van der Waals surface area (Å²) in [7, 11) is 3.16. The molecule has 0 bridgehead atoms. The normalized spacial score (nSPS) is 9.89. The van der Waals surface area contributed by atoms with E-state index in [0.29, 0.717) is 18.5 Å². The Balaban J connectivity index is 2.75. The number of ether oxygens (including phenoxy) is 1. The lowest BCUT2D eigenvalue weighted by Crippen LogP contribution is -2.22. The van der Waals surface area contributed by atoms with Gasteiger partial charge in [0.1, 0.15) is 0 Å². The average Bonchev–Trinajstić information content (AvgIpc) is 2.37. The maximum atomic E-state index is 11.6. The van der Waals surface area contributed by atoms with Crippen LogP contribution in [0, 0.1) is 0 Å². The average molecular weight is 251 g/mol. The molecule has 0 unspecified atom stereocenters. The molecule has 0 aliphatic carbocycles. The number of para-hydroxylation sites is 1. The van der Waals surface area contributed by atoms with Gasteiger partial charge >= 0.3 is 11.9 Å². The van der Waals surface area contributed by atoms with Gasteiger partial charge < -0.3 is 14.7 Å². The van der Waals surface area contributed by atoms with Crippen LogP contribution in [0.2, 0.25) is 0 Å². The fraction of sp³-hybridized carbons (Fsp3) is 0.385. The number of carbonyl (C=O) groups is 2. The molecule has 5 heteroatoms. The van der Waals surface area contributed by atoms with Crippen LogP contribution in [0.25, 0.3) is 0 Å². The van der Waals surface area contributed by atoms with Gasteiger partial charge in [0, 0.05) is 20.0 Å². The van der Waals surface area contributed by atoms with Crippen LogP contribution < -0.4 is 4.90 Å². The van der Waals surface area contributed by atoms with Gasteiger partial charge in [-0.1, -0.05) is 12.1 Å². The number of nitrogens with zero attached hydrogens (tertiary/aromatic N) is 1. The van der Waals surface area contributed by atoms with Crippen molar-refractivity contribution < 1.29 is 19.4 Å². The molecule has 0 heterocycles. The molecule has 0 amide bonds. The summed E-state index contributed by atoms with van der Waals surface area (Å²) in [4.78, 5) is 23.9. The minimum atomic E-state index is -0.815. The van der Waals surface area contributed by atoms with Crippen LogP contribution in [-0.2, 0) is 9.53 Å². The van der Waals surface area contributed by atoms with E-state index in [0.717, 1.165) is 5.69 Å². The minimum Gasteiger partial charge on any atom is -0.481 e. The second-order valence-electron chi connectivity index (χ2n) is 3.93. The lowest BCUT2D eigenvalue weighted by atomic mass is 10.1. The molecule has 0 saturated heterocycles. The Morgan fingerprint density at radius 3 is 2.61 bits per heavy atom. The summed E-state index contributed by atoms with van der Waals surface area (Å²) in [6.45, 7) is 0.570. The van der Waals surface area contributed by atoms with E-state index in [9.17, 15) is 9.59 Å². The van der Waals surface area contributed by atoms with Crippen molar-refractivity contribution in [3.8, 4) is 0 Å². The molecular formula is C13H17NO4. The Morgan fingerprint density at radius 1 is 1.33 bits per heavy atom. The number of benzene rings is 1. The first-order valence-corrected chi connectivity index (χ1v) is 5.66. The number of carboxylic acids is 1. The molecule has 1 N–H and O–H groups in total. The number of carboxylic acid groups (broad SMARTS) is 1. The van der Waals surface area contributed by atoms with Crippen LogP contribution in [0.5, 0.6) is 0 Å². The third kappa shape index (κ3) is 3.76. The van der Waals surface area contributed by atoms with Gasteiger partial charge in [0.2, 0.25) is 0 Å². The van der Waals surface area contributed by atoms with Crippen molar-refractivity contribution in [1.82, 2.24) is 0 Å². The van der Waals surface area contributed by atoms with Gasteiger partial charge in [-0.05, 0) is 18.6 Å². The number of methoxy groups -OCH3 is 1. The van der Waals surface area contributed by atoms with Crippen LogP contribution in [0.4, 0.5) is 5.69 Å². The quantitative estimate of drug-likeness (QED) is 0.780. The highest BCUT2D eigenvalue weighted by molar-refractivity contribution is 5.95. The predicted octanol–water partition coefficient (Wildman–Crippen LogP) is 1.77. The first kappa shape index (κ1) is 14.0. The molecular weight excluding hydrogens is 234 g/mol. The lowest BCUT2D eigenvalue weighted by Gasteiger charge is -2.21. The first-order valence-electron chi connectivity index (χ1n) is 5.66. The van der Waals surface area contributed by atoms with Crippen LogP contribution >= 0.6 is 0 Å². The van der Waals surface area contributed by atoms with E-state index in [1.807, 2.05) is 24.1 Å². The third-order valence-corrected chi connectivity index (χ3v) is 2.60. The van der Waals surface area contributed by atoms with E-state index < -0.39 is 11.9 Å². The number of carbonyl (C=O) groups excluding carboxylic acids is 1. The summed E-state index contributed by atoms with van der Waals surface area (Å²) in [5, 5.41) is 8.59. The fourth-order valence-corrected chi connectivity index (χ4v) is 1.68. The first-order chi connectivity index (χ1) is 8.56. The monoisotopic (exact) mass is 251 g/mol. The SMILES string of the molecule is COC(=O)c1ccccc1N(C)CCCC(=O)O. The van der Waals surface area contributed by atoms with Gasteiger partial charge in [0.15, 0.2) is 0 Å². The molecule has 0 saturated carbocycles. The Kier molecular flexibility index (Phi) is 5.17. The van der Waals surface area contributed by atoms with E-state index >= 15 is 0 Å². The van der Waals surface area contributed by atoms with E-state index in [-0.39, 0.29) is 6.42 Å². The second-order valence-corrected chi connectivity index (χ2v) is 3.93. The van der Waals surface area contributed by atoms with Crippen molar-refractivity contribution in [2.24, 2.45) is 0 Å². The van der Waals surface area contributed by atoms with Crippen molar-refractivity contribution in [2.75, 3.05) is 25.6 Å². The van der Waals surface area contributed by atoms with Crippen molar-refractivity contribution in [3.05, 3.63) is 29.8 Å². The molecule has 0 aromatic heterocycles. The molecule has 1 rings (SSSR count). The minimum absolute atomic E-state index is 0.116.